The summed E-state index contributed by atoms with van der Waals surface area (Å²) in [6, 6.07) is 1.87. The lowest BCUT2D eigenvalue weighted by molar-refractivity contribution is 0.391. The summed E-state index contributed by atoms with van der Waals surface area (Å²) in [5, 5.41) is 15.4. The molecule has 0 aromatic carbocycles. The van der Waals surface area contributed by atoms with Crippen LogP contribution in [0.25, 0.3) is 0 Å². The molecule has 0 atom stereocenters. The Balaban J connectivity index is 2.12. The van der Waals surface area contributed by atoms with Crippen molar-refractivity contribution in [2.45, 2.75) is 27.3 Å². The zero-order valence-electron chi connectivity index (χ0n) is 9.91. The summed E-state index contributed by atoms with van der Waals surface area (Å²) in [5.74, 6) is 1.50. The van der Waals surface area contributed by atoms with Gasteiger partial charge in [0.05, 0.1) is 6.54 Å². The Labute approximate surface area is 104 Å². The van der Waals surface area contributed by atoms with E-state index >= 15 is 0 Å². The Morgan fingerprint density at radius 3 is 2.65 bits per heavy atom. The van der Waals surface area contributed by atoms with Crippen molar-refractivity contribution < 1.29 is 4.52 Å². The molecule has 90 valence electrons. The van der Waals surface area contributed by atoms with E-state index in [1.54, 1.807) is 0 Å². The van der Waals surface area contributed by atoms with Gasteiger partial charge < -0.3 is 9.84 Å². The van der Waals surface area contributed by atoms with Crippen LogP contribution in [0.5, 0.6) is 0 Å². The highest BCUT2D eigenvalue weighted by Crippen LogP contribution is 2.20. The first-order valence-electron chi connectivity index (χ1n) is 5.23. The molecule has 0 saturated carbocycles. The molecule has 6 heteroatoms. The van der Waals surface area contributed by atoms with Gasteiger partial charge in [-0.15, -0.1) is 10.2 Å². The van der Waals surface area contributed by atoms with E-state index in [9.17, 15) is 0 Å². The van der Waals surface area contributed by atoms with Crippen LogP contribution >= 0.6 is 11.6 Å². The van der Waals surface area contributed by atoms with Crippen molar-refractivity contribution in [2.75, 3.05) is 5.32 Å². The number of rotatable bonds is 3. The topological polar surface area (TPSA) is 63.8 Å². The zero-order chi connectivity index (χ0) is 12.4. The molecule has 0 amide bonds. The SMILES string of the molecule is Cc1cc(CNc2nnc(Cl)c(C)c2C)no1. The van der Waals surface area contributed by atoms with Crippen LogP contribution in [0.1, 0.15) is 22.6 Å². The van der Waals surface area contributed by atoms with Crippen LogP contribution in [0.4, 0.5) is 5.82 Å². The number of anilines is 1. The molecule has 0 aliphatic carbocycles. The lowest BCUT2D eigenvalue weighted by Gasteiger charge is -2.08. The van der Waals surface area contributed by atoms with E-state index in [1.165, 1.54) is 0 Å². The zero-order valence-corrected chi connectivity index (χ0v) is 10.7. The molecule has 2 aromatic heterocycles. The maximum absolute atomic E-state index is 5.88. The van der Waals surface area contributed by atoms with Gasteiger partial charge in [-0.25, -0.2) is 0 Å². The fourth-order valence-corrected chi connectivity index (χ4v) is 1.60. The largest absolute Gasteiger partial charge is 0.363 e. The van der Waals surface area contributed by atoms with Crippen molar-refractivity contribution >= 4 is 17.4 Å². The molecular weight excluding hydrogens is 240 g/mol. The minimum absolute atomic E-state index is 0.435. The van der Waals surface area contributed by atoms with Gasteiger partial charge in [-0.1, -0.05) is 16.8 Å². The minimum Gasteiger partial charge on any atom is -0.363 e. The first-order valence-corrected chi connectivity index (χ1v) is 5.61. The van der Waals surface area contributed by atoms with Gasteiger partial charge in [-0.3, -0.25) is 0 Å². The van der Waals surface area contributed by atoms with Gasteiger partial charge in [0.1, 0.15) is 11.5 Å². The van der Waals surface area contributed by atoms with Crippen LogP contribution < -0.4 is 5.32 Å². The van der Waals surface area contributed by atoms with Gasteiger partial charge in [0.25, 0.3) is 0 Å². The Hall–Kier alpha value is -1.62. The number of hydrogen-bond acceptors (Lipinski definition) is 5. The van der Waals surface area contributed by atoms with Crippen LogP contribution in [0.15, 0.2) is 10.6 Å². The monoisotopic (exact) mass is 252 g/mol. The van der Waals surface area contributed by atoms with Crippen molar-refractivity contribution in [2.24, 2.45) is 0 Å². The average molecular weight is 253 g/mol. The molecule has 2 rings (SSSR count). The van der Waals surface area contributed by atoms with Crippen molar-refractivity contribution in [1.82, 2.24) is 15.4 Å². The first kappa shape index (κ1) is 11.9. The molecule has 5 nitrogen and oxygen atoms in total. The summed E-state index contributed by atoms with van der Waals surface area (Å²) >= 11 is 5.88. The summed E-state index contributed by atoms with van der Waals surface area (Å²) in [6.07, 6.45) is 0. The van der Waals surface area contributed by atoms with Crippen molar-refractivity contribution in [3.05, 3.63) is 33.8 Å². The van der Waals surface area contributed by atoms with Gasteiger partial charge in [-0.2, -0.15) is 0 Å². The summed E-state index contributed by atoms with van der Waals surface area (Å²) in [5.41, 5.74) is 2.75. The molecule has 0 fully saturated rings. The number of nitrogens with zero attached hydrogens (tertiary/aromatic N) is 3. The molecule has 1 N–H and O–H groups in total. The number of nitrogens with one attached hydrogen (secondary N) is 1. The summed E-state index contributed by atoms with van der Waals surface area (Å²) < 4.78 is 4.98. The molecule has 0 saturated heterocycles. The molecule has 0 bridgehead atoms. The van der Waals surface area contributed by atoms with E-state index in [0.29, 0.717) is 17.5 Å². The van der Waals surface area contributed by atoms with E-state index in [-0.39, 0.29) is 0 Å². The Bertz CT molecular complexity index is 538. The van der Waals surface area contributed by atoms with E-state index in [2.05, 4.69) is 20.7 Å². The smallest absolute Gasteiger partial charge is 0.155 e. The highest BCUT2D eigenvalue weighted by Gasteiger charge is 2.08. The standard InChI is InChI=1S/C11H13ClN4O/c1-6-4-9(16-17-6)5-13-11-8(3)7(2)10(12)14-15-11/h4H,5H2,1-3H3,(H,13,15). The predicted octanol–water partition coefficient (Wildman–Crippen LogP) is 2.66. The third-order valence-electron chi connectivity index (χ3n) is 2.58. The fraction of sp³-hybridized carbons (Fsp3) is 0.364. The van der Waals surface area contributed by atoms with Crippen LogP contribution in [0.3, 0.4) is 0 Å². The number of aryl methyl sites for hydroxylation is 1. The van der Waals surface area contributed by atoms with Crippen LogP contribution in [0, 0.1) is 20.8 Å². The highest BCUT2D eigenvalue weighted by atomic mass is 35.5. The Morgan fingerprint density at radius 2 is 2.00 bits per heavy atom. The molecule has 0 spiro atoms. The van der Waals surface area contributed by atoms with E-state index in [4.69, 9.17) is 16.1 Å². The second-order valence-corrected chi connectivity index (χ2v) is 4.23. The van der Waals surface area contributed by atoms with Crippen LogP contribution in [0.2, 0.25) is 5.15 Å². The Morgan fingerprint density at radius 1 is 1.24 bits per heavy atom. The van der Waals surface area contributed by atoms with Crippen molar-refractivity contribution in [3.63, 3.8) is 0 Å². The molecular formula is C11H13ClN4O. The number of halogens is 1. The summed E-state index contributed by atoms with van der Waals surface area (Å²) in [7, 11) is 0. The fourth-order valence-electron chi connectivity index (χ4n) is 1.42. The van der Waals surface area contributed by atoms with E-state index in [0.717, 1.165) is 22.6 Å². The molecule has 0 radical (unpaired) electrons. The van der Waals surface area contributed by atoms with Gasteiger partial charge in [0, 0.05) is 6.07 Å². The maximum Gasteiger partial charge on any atom is 0.155 e. The molecule has 2 heterocycles. The van der Waals surface area contributed by atoms with Gasteiger partial charge in [0.15, 0.2) is 11.0 Å². The molecule has 17 heavy (non-hydrogen) atoms. The van der Waals surface area contributed by atoms with Gasteiger partial charge in [0.2, 0.25) is 0 Å². The predicted molar refractivity (Wildman–Crippen MR) is 65.1 cm³/mol. The lowest BCUT2D eigenvalue weighted by atomic mass is 10.2. The van der Waals surface area contributed by atoms with Crippen LogP contribution in [-0.4, -0.2) is 15.4 Å². The van der Waals surface area contributed by atoms with Crippen LogP contribution in [-0.2, 0) is 6.54 Å². The molecule has 0 unspecified atom stereocenters. The average Bonchev–Trinajstić information content (AvgIpc) is 2.71. The number of hydrogen-bond donors (Lipinski definition) is 1. The quantitative estimate of drug-likeness (QED) is 0.910. The second-order valence-electron chi connectivity index (χ2n) is 3.87. The normalized spacial score (nSPS) is 10.6. The van der Waals surface area contributed by atoms with Gasteiger partial charge in [-0.05, 0) is 31.9 Å². The molecule has 0 aliphatic rings. The maximum atomic E-state index is 5.88. The Kier molecular flexibility index (Phi) is 3.28. The highest BCUT2D eigenvalue weighted by molar-refractivity contribution is 6.30. The second kappa shape index (κ2) is 4.71. The first-order chi connectivity index (χ1) is 8.08. The van der Waals surface area contributed by atoms with E-state index in [1.807, 2.05) is 26.8 Å². The third kappa shape index (κ3) is 2.55. The summed E-state index contributed by atoms with van der Waals surface area (Å²) in [6.45, 7) is 6.27. The number of aromatic nitrogens is 3. The molecule has 2 aromatic rings. The van der Waals surface area contributed by atoms with Gasteiger partial charge >= 0.3 is 0 Å². The van der Waals surface area contributed by atoms with Crippen molar-refractivity contribution in [3.8, 4) is 0 Å². The lowest BCUT2D eigenvalue weighted by Crippen LogP contribution is -2.06. The summed E-state index contributed by atoms with van der Waals surface area (Å²) in [4.78, 5) is 0. The van der Waals surface area contributed by atoms with E-state index < -0.39 is 0 Å². The molecule has 0 aliphatic heterocycles. The van der Waals surface area contributed by atoms with Crippen molar-refractivity contribution in [1.29, 1.82) is 0 Å². The minimum atomic E-state index is 0.435. The third-order valence-corrected chi connectivity index (χ3v) is 2.94.